The maximum Gasteiger partial charge on any atom is 0.329 e. The standard InChI is InChI=1S/C14H12ClNO3/c1-9-6-7-12(10(2)8-9)19-13-5-3-4-11(15)14(13)16(17)18/h3-8H,1-2H3. The number of hydrogen-bond acceptors (Lipinski definition) is 3. The van der Waals surface area contributed by atoms with Gasteiger partial charge in [0, 0.05) is 0 Å². The van der Waals surface area contributed by atoms with Gasteiger partial charge in [-0.05, 0) is 37.6 Å². The molecule has 2 rings (SSSR count). The largest absolute Gasteiger partial charge is 0.450 e. The molecule has 0 aliphatic carbocycles. The van der Waals surface area contributed by atoms with Gasteiger partial charge in [0.05, 0.1) is 4.92 Å². The minimum absolute atomic E-state index is 0.0623. The van der Waals surface area contributed by atoms with Crippen molar-refractivity contribution in [2.24, 2.45) is 0 Å². The molecule has 0 amide bonds. The van der Waals surface area contributed by atoms with Gasteiger partial charge in [-0.25, -0.2) is 0 Å². The lowest BCUT2D eigenvalue weighted by atomic mass is 10.1. The highest BCUT2D eigenvalue weighted by Gasteiger charge is 2.20. The normalized spacial score (nSPS) is 10.3. The maximum atomic E-state index is 11.0. The predicted molar refractivity (Wildman–Crippen MR) is 74.1 cm³/mol. The van der Waals surface area contributed by atoms with E-state index in [0.717, 1.165) is 11.1 Å². The van der Waals surface area contributed by atoms with Crippen LogP contribution in [-0.2, 0) is 0 Å². The molecule has 0 radical (unpaired) electrons. The van der Waals surface area contributed by atoms with Crippen LogP contribution in [-0.4, -0.2) is 4.92 Å². The summed E-state index contributed by atoms with van der Waals surface area (Å²) < 4.78 is 5.61. The van der Waals surface area contributed by atoms with E-state index in [9.17, 15) is 10.1 Å². The molecule has 0 aromatic heterocycles. The molecule has 0 aliphatic heterocycles. The second kappa shape index (κ2) is 5.28. The molecule has 0 heterocycles. The van der Waals surface area contributed by atoms with Crippen LogP contribution in [0.15, 0.2) is 36.4 Å². The van der Waals surface area contributed by atoms with Gasteiger partial charge in [0.2, 0.25) is 5.75 Å². The highest BCUT2D eigenvalue weighted by molar-refractivity contribution is 6.32. The minimum atomic E-state index is -0.540. The van der Waals surface area contributed by atoms with Gasteiger partial charge in [0.1, 0.15) is 10.8 Å². The molecule has 0 aliphatic rings. The van der Waals surface area contributed by atoms with E-state index in [2.05, 4.69) is 0 Å². The Bertz CT molecular complexity index is 641. The molecule has 0 unspecified atom stereocenters. The van der Waals surface area contributed by atoms with Crippen LogP contribution in [0.25, 0.3) is 0 Å². The van der Waals surface area contributed by atoms with Gasteiger partial charge >= 0.3 is 5.69 Å². The second-order valence-electron chi connectivity index (χ2n) is 4.21. The van der Waals surface area contributed by atoms with Crippen molar-refractivity contribution in [3.8, 4) is 11.5 Å². The Morgan fingerprint density at radius 1 is 1.16 bits per heavy atom. The zero-order valence-corrected chi connectivity index (χ0v) is 11.3. The molecule has 0 saturated carbocycles. The molecule has 4 nitrogen and oxygen atoms in total. The molecule has 5 heteroatoms. The van der Waals surface area contributed by atoms with Crippen molar-refractivity contribution in [1.82, 2.24) is 0 Å². The Hall–Kier alpha value is -2.07. The van der Waals surface area contributed by atoms with Crippen LogP contribution in [0.5, 0.6) is 11.5 Å². The van der Waals surface area contributed by atoms with E-state index in [1.54, 1.807) is 12.1 Å². The molecule has 0 N–H and O–H groups in total. The van der Waals surface area contributed by atoms with Crippen LogP contribution >= 0.6 is 11.6 Å². The molecule has 0 fully saturated rings. The average Bonchev–Trinajstić information content (AvgIpc) is 2.32. The number of aryl methyl sites for hydroxylation is 2. The maximum absolute atomic E-state index is 11.0. The number of ether oxygens (including phenoxy) is 1. The van der Waals surface area contributed by atoms with Crippen molar-refractivity contribution in [2.75, 3.05) is 0 Å². The SMILES string of the molecule is Cc1ccc(Oc2cccc(Cl)c2[N+](=O)[O-])c(C)c1. The second-order valence-corrected chi connectivity index (χ2v) is 4.62. The van der Waals surface area contributed by atoms with Crippen molar-refractivity contribution in [1.29, 1.82) is 0 Å². The number of halogens is 1. The zero-order chi connectivity index (χ0) is 14.0. The third-order valence-corrected chi connectivity index (χ3v) is 2.99. The molecule has 19 heavy (non-hydrogen) atoms. The number of nitrogens with zero attached hydrogens (tertiary/aromatic N) is 1. The fraction of sp³-hybridized carbons (Fsp3) is 0.143. The highest BCUT2D eigenvalue weighted by atomic mass is 35.5. The monoisotopic (exact) mass is 277 g/mol. The van der Waals surface area contributed by atoms with Crippen molar-refractivity contribution in [3.05, 3.63) is 62.7 Å². The first kappa shape index (κ1) is 13.4. The lowest BCUT2D eigenvalue weighted by molar-refractivity contribution is -0.385. The summed E-state index contributed by atoms with van der Waals surface area (Å²) in [5.41, 5.74) is 1.80. The quantitative estimate of drug-likeness (QED) is 0.606. The summed E-state index contributed by atoms with van der Waals surface area (Å²) in [6, 6.07) is 10.2. The van der Waals surface area contributed by atoms with Gasteiger partial charge in [-0.15, -0.1) is 0 Å². The molecular formula is C14H12ClNO3. The van der Waals surface area contributed by atoms with Crippen molar-refractivity contribution >= 4 is 17.3 Å². The van der Waals surface area contributed by atoms with Crippen LogP contribution < -0.4 is 4.74 Å². The molecular weight excluding hydrogens is 266 g/mol. The first-order valence-corrected chi connectivity index (χ1v) is 6.05. The number of nitro benzene ring substituents is 1. The number of nitro groups is 1. The number of benzene rings is 2. The van der Waals surface area contributed by atoms with Crippen LogP contribution in [0.3, 0.4) is 0 Å². The molecule has 98 valence electrons. The van der Waals surface area contributed by atoms with Crippen LogP contribution in [0.1, 0.15) is 11.1 Å². The summed E-state index contributed by atoms with van der Waals surface area (Å²) in [6.07, 6.45) is 0. The highest BCUT2D eigenvalue weighted by Crippen LogP contribution is 2.37. The van der Waals surface area contributed by atoms with Crippen molar-refractivity contribution in [3.63, 3.8) is 0 Å². The smallest absolute Gasteiger partial charge is 0.329 e. The molecule has 2 aromatic carbocycles. The predicted octanol–water partition coefficient (Wildman–Crippen LogP) is 4.66. The van der Waals surface area contributed by atoms with E-state index in [1.165, 1.54) is 12.1 Å². The van der Waals surface area contributed by atoms with E-state index >= 15 is 0 Å². The van der Waals surface area contributed by atoms with Gasteiger partial charge in [-0.2, -0.15) is 0 Å². The average molecular weight is 278 g/mol. The number of rotatable bonds is 3. The molecule has 0 spiro atoms. The number of hydrogen-bond donors (Lipinski definition) is 0. The first-order chi connectivity index (χ1) is 8.99. The third-order valence-electron chi connectivity index (χ3n) is 2.68. The Morgan fingerprint density at radius 2 is 1.89 bits per heavy atom. The molecule has 2 aromatic rings. The summed E-state index contributed by atoms with van der Waals surface area (Å²) in [5, 5.41) is 11.1. The van der Waals surface area contributed by atoms with Gasteiger partial charge in [0.25, 0.3) is 0 Å². The van der Waals surface area contributed by atoms with Crippen LogP contribution in [0.2, 0.25) is 5.02 Å². The Balaban J connectivity index is 2.44. The van der Waals surface area contributed by atoms with Crippen LogP contribution in [0, 0.1) is 24.0 Å². The summed E-state index contributed by atoms with van der Waals surface area (Å²) >= 11 is 5.83. The Kier molecular flexibility index (Phi) is 3.71. The van der Waals surface area contributed by atoms with Gasteiger partial charge in [-0.3, -0.25) is 10.1 Å². The van der Waals surface area contributed by atoms with Gasteiger partial charge in [-0.1, -0.05) is 35.4 Å². The Labute approximate surface area is 115 Å². The van der Waals surface area contributed by atoms with E-state index in [0.29, 0.717) is 5.75 Å². The zero-order valence-electron chi connectivity index (χ0n) is 10.5. The van der Waals surface area contributed by atoms with Gasteiger partial charge < -0.3 is 4.74 Å². The molecule has 0 saturated heterocycles. The fourth-order valence-corrected chi connectivity index (χ4v) is 2.02. The Morgan fingerprint density at radius 3 is 2.53 bits per heavy atom. The van der Waals surface area contributed by atoms with Crippen molar-refractivity contribution < 1.29 is 9.66 Å². The summed E-state index contributed by atoms with van der Waals surface area (Å²) in [7, 11) is 0. The van der Waals surface area contributed by atoms with Gasteiger partial charge in [0.15, 0.2) is 0 Å². The third kappa shape index (κ3) is 2.85. The number of para-hydroxylation sites is 1. The lowest BCUT2D eigenvalue weighted by Crippen LogP contribution is -1.95. The van der Waals surface area contributed by atoms with E-state index in [4.69, 9.17) is 16.3 Å². The first-order valence-electron chi connectivity index (χ1n) is 5.67. The molecule has 0 bridgehead atoms. The van der Waals surface area contributed by atoms with E-state index < -0.39 is 4.92 Å². The minimum Gasteiger partial charge on any atom is -0.450 e. The van der Waals surface area contributed by atoms with E-state index in [-0.39, 0.29) is 16.5 Å². The lowest BCUT2D eigenvalue weighted by Gasteiger charge is -2.10. The summed E-state index contributed by atoms with van der Waals surface area (Å²) in [4.78, 5) is 10.5. The van der Waals surface area contributed by atoms with E-state index in [1.807, 2.05) is 26.0 Å². The topological polar surface area (TPSA) is 52.4 Å². The van der Waals surface area contributed by atoms with Crippen molar-refractivity contribution in [2.45, 2.75) is 13.8 Å². The summed E-state index contributed by atoms with van der Waals surface area (Å²) in [6.45, 7) is 3.86. The summed E-state index contributed by atoms with van der Waals surface area (Å²) in [5.74, 6) is 0.723. The van der Waals surface area contributed by atoms with Crippen LogP contribution in [0.4, 0.5) is 5.69 Å². The molecule has 0 atom stereocenters. The fourth-order valence-electron chi connectivity index (χ4n) is 1.79.